The second-order valence-corrected chi connectivity index (χ2v) is 1.72. The maximum Gasteiger partial charge on any atom is 0.248 e. The van der Waals surface area contributed by atoms with Crippen molar-refractivity contribution in [3.63, 3.8) is 0 Å². The second-order valence-electron chi connectivity index (χ2n) is 1.72. The molecule has 0 aliphatic carbocycles. The Balaban J connectivity index is 2.81. The maximum absolute atomic E-state index is 10.5. The quantitative estimate of drug-likeness (QED) is 0.389. The molecule has 1 atom stereocenters. The minimum absolute atomic E-state index is 0.348. The highest BCUT2D eigenvalue weighted by atomic mass is 16.2. The van der Waals surface area contributed by atoms with Gasteiger partial charge in [0, 0.05) is 6.20 Å². The highest BCUT2D eigenvalue weighted by Crippen LogP contribution is 1.90. The van der Waals surface area contributed by atoms with Gasteiger partial charge in [0.25, 0.3) is 0 Å². The van der Waals surface area contributed by atoms with Crippen LogP contribution in [0.3, 0.4) is 0 Å². The lowest BCUT2D eigenvalue weighted by Crippen LogP contribution is -2.46. The molecule has 0 radical (unpaired) electrons. The Hall–Kier alpha value is -1.16. The molecule has 0 aromatic carbocycles. The molecule has 0 spiro atoms. The van der Waals surface area contributed by atoms with Crippen LogP contribution in [0, 0.1) is 0 Å². The lowest BCUT2D eigenvalue weighted by molar-refractivity contribution is -0.128. The molecule has 1 unspecified atom stereocenters. The largest absolute Gasteiger partial charge is 0.331 e. The van der Waals surface area contributed by atoms with Crippen molar-refractivity contribution < 1.29 is 9.59 Å². The zero-order valence-electron chi connectivity index (χ0n) is 4.63. The van der Waals surface area contributed by atoms with Crippen molar-refractivity contribution in [2.75, 3.05) is 0 Å². The number of nitrogens with one attached hydrogen (secondary N) is 1. The van der Waals surface area contributed by atoms with Crippen LogP contribution in [0.25, 0.3) is 0 Å². The van der Waals surface area contributed by atoms with Crippen LogP contribution in [0.1, 0.15) is 0 Å². The van der Waals surface area contributed by atoms with Crippen molar-refractivity contribution in [2.45, 2.75) is 6.04 Å². The van der Waals surface area contributed by atoms with Crippen molar-refractivity contribution in [3.05, 3.63) is 12.3 Å². The lowest BCUT2D eigenvalue weighted by Gasteiger charge is -2.09. The first-order chi connectivity index (χ1) is 4.22. The third kappa shape index (κ3) is 0.972. The van der Waals surface area contributed by atoms with Crippen LogP contribution in [0.5, 0.6) is 0 Å². The Morgan fingerprint density at radius 2 is 2.22 bits per heavy atom. The van der Waals surface area contributed by atoms with E-state index in [0.717, 1.165) is 0 Å². The molecule has 1 aliphatic rings. The summed E-state index contributed by atoms with van der Waals surface area (Å²) in [6, 6.07) is -1.00. The number of amides is 1. The molecule has 0 aromatic rings. The minimum Gasteiger partial charge on any atom is -0.331 e. The minimum atomic E-state index is -1.00. The summed E-state index contributed by atoms with van der Waals surface area (Å²) in [5.74, 6) is -0.791. The molecule has 48 valence electrons. The van der Waals surface area contributed by atoms with Crippen molar-refractivity contribution >= 4 is 11.7 Å². The fourth-order valence-corrected chi connectivity index (χ4v) is 0.529. The van der Waals surface area contributed by atoms with Crippen LogP contribution in [-0.4, -0.2) is 17.7 Å². The van der Waals surface area contributed by atoms with E-state index in [1.54, 1.807) is 0 Å². The van der Waals surface area contributed by atoms with Gasteiger partial charge in [-0.3, -0.25) is 9.59 Å². The predicted octanol–water partition coefficient (Wildman–Crippen LogP) is -1.47. The molecule has 9 heavy (non-hydrogen) atoms. The molecule has 3 N–H and O–H groups in total. The summed E-state index contributed by atoms with van der Waals surface area (Å²) in [6.45, 7) is 0. The topological polar surface area (TPSA) is 72.2 Å². The van der Waals surface area contributed by atoms with Gasteiger partial charge in [0.2, 0.25) is 5.91 Å². The fraction of sp³-hybridized carbons (Fsp3) is 0.200. The zero-order chi connectivity index (χ0) is 6.85. The highest BCUT2D eigenvalue weighted by Gasteiger charge is 2.21. The molecule has 1 heterocycles. The number of nitrogens with two attached hydrogens (primary N) is 1. The van der Waals surface area contributed by atoms with Crippen LogP contribution >= 0.6 is 0 Å². The first kappa shape index (κ1) is 5.97. The second kappa shape index (κ2) is 1.99. The monoisotopic (exact) mass is 126 g/mol. The van der Waals surface area contributed by atoms with E-state index in [9.17, 15) is 9.59 Å². The zero-order valence-corrected chi connectivity index (χ0v) is 4.63. The molecular weight excluding hydrogens is 120 g/mol. The molecule has 0 fully saturated rings. The van der Waals surface area contributed by atoms with E-state index in [0.29, 0.717) is 0 Å². The predicted molar refractivity (Wildman–Crippen MR) is 30.3 cm³/mol. The van der Waals surface area contributed by atoms with Gasteiger partial charge in [-0.05, 0) is 6.08 Å². The summed E-state index contributed by atoms with van der Waals surface area (Å²) in [6.07, 6.45) is 2.53. The molecular formula is C5H6N2O2. The molecule has 0 saturated heterocycles. The Kier molecular flexibility index (Phi) is 1.32. The summed E-state index contributed by atoms with van der Waals surface area (Å²) in [4.78, 5) is 21.0. The van der Waals surface area contributed by atoms with Gasteiger partial charge >= 0.3 is 0 Å². The third-order valence-corrected chi connectivity index (χ3v) is 1.06. The van der Waals surface area contributed by atoms with Gasteiger partial charge in [0.1, 0.15) is 6.04 Å². The van der Waals surface area contributed by atoms with Crippen molar-refractivity contribution in [1.82, 2.24) is 5.32 Å². The van der Waals surface area contributed by atoms with Gasteiger partial charge in [-0.25, -0.2) is 0 Å². The highest BCUT2D eigenvalue weighted by molar-refractivity contribution is 6.12. The lowest BCUT2D eigenvalue weighted by atomic mass is 10.1. The van der Waals surface area contributed by atoms with E-state index >= 15 is 0 Å². The summed E-state index contributed by atoms with van der Waals surface area (Å²) in [5, 5.41) is 2.30. The smallest absolute Gasteiger partial charge is 0.248 e. The Labute approximate surface area is 51.7 Å². The van der Waals surface area contributed by atoms with E-state index < -0.39 is 11.9 Å². The van der Waals surface area contributed by atoms with E-state index in [-0.39, 0.29) is 5.78 Å². The summed E-state index contributed by atoms with van der Waals surface area (Å²) >= 11 is 0. The number of carbonyl (C=O) groups is 2. The molecule has 1 rings (SSSR count). The van der Waals surface area contributed by atoms with E-state index in [1.165, 1.54) is 12.3 Å². The van der Waals surface area contributed by atoms with Crippen molar-refractivity contribution in [2.24, 2.45) is 5.73 Å². The van der Waals surface area contributed by atoms with Gasteiger partial charge in [-0.1, -0.05) is 0 Å². The molecule has 0 aromatic heterocycles. The Bertz CT molecular complexity index is 185. The molecule has 0 bridgehead atoms. The SMILES string of the molecule is NC1C(=O)C=CNC1=O. The standard InChI is InChI=1S/C5H6N2O2/c6-4-3(8)1-2-7-5(4)9/h1-2,4H,6H2,(H,7,9). The van der Waals surface area contributed by atoms with Gasteiger partial charge in [0.15, 0.2) is 5.78 Å². The normalized spacial score (nSPS) is 26.1. The van der Waals surface area contributed by atoms with Crippen LogP contribution in [0.4, 0.5) is 0 Å². The molecule has 4 heteroatoms. The third-order valence-electron chi connectivity index (χ3n) is 1.06. The summed E-state index contributed by atoms with van der Waals surface area (Å²) < 4.78 is 0. The number of ketones is 1. The van der Waals surface area contributed by atoms with E-state index in [2.05, 4.69) is 5.32 Å². The molecule has 0 saturated carbocycles. The van der Waals surface area contributed by atoms with Crippen LogP contribution in [0.15, 0.2) is 12.3 Å². The van der Waals surface area contributed by atoms with Crippen LogP contribution in [0.2, 0.25) is 0 Å². The number of hydrogen-bond donors (Lipinski definition) is 2. The maximum atomic E-state index is 10.5. The van der Waals surface area contributed by atoms with Gasteiger partial charge < -0.3 is 11.1 Å². The summed E-state index contributed by atoms with van der Waals surface area (Å²) in [7, 11) is 0. The van der Waals surface area contributed by atoms with Gasteiger partial charge in [-0.2, -0.15) is 0 Å². The number of rotatable bonds is 0. The van der Waals surface area contributed by atoms with Crippen molar-refractivity contribution in [3.8, 4) is 0 Å². The average molecular weight is 126 g/mol. The Morgan fingerprint density at radius 1 is 1.56 bits per heavy atom. The Morgan fingerprint density at radius 3 is 2.67 bits per heavy atom. The first-order valence-corrected chi connectivity index (χ1v) is 2.48. The van der Waals surface area contributed by atoms with Crippen LogP contribution in [-0.2, 0) is 9.59 Å². The van der Waals surface area contributed by atoms with E-state index in [1.807, 2.05) is 0 Å². The number of carbonyl (C=O) groups excluding carboxylic acids is 2. The van der Waals surface area contributed by atoms with Crippen molar-refractivity contribution in [1.29, 1.82) is 0 Å². The first-order valence-electron chi connectivity index (χ1n) is 2.48. The summed E-state index contributed by atoms with van der Waals surface area (Å²) in [5.41, 5.74) is 5.11. The average Bonchev–Trinajstić information content (AvgIpc) is 1.83. The fourth-order valence-electron chi connectivity index (χ4n) is 0.529. The van der Waals surface area contributed by atoms with Gasteiger partial charge in [0.05, 0.1) is 0 Å². The molecule has 1 aliphatic heterocycles. The molecule has 4 nitrogen and oxygen atoms in total. The van der Waals surface area contributed by atoms with Gasteiger partial charge in [-0.15, -0.1) is 0 Å². The molecule has 1 amide bonds. The van der Waals surface area contributed by atoms with E-state index in [4.69, 9.17) is 5.73 Å². The van der Waals surface area contributed by atoms with Crippen LogP contribution < -0.4 is 11.1 Å². The number of hydrogen-bond acceptors (Lipinski definition) is 3.